The minimum atomic E-state index is -0.588. The maximum atomic E-state index is 12.7. The average Bonchev–Trinajstić information content (AvgIpc) is 3.05. The highest BCUT2D eigenvalue weighted by atomic mass is 79.9. The molecule has 1 fully saturated rings. The number of nitrogens with one attached hydrogen (secondary N) is 1. The van der Waals surface area contributed by atoms with Gasteiger partial charge in [0, 0.05) is 18.7 Å². The van der Waals surface area contributed by atoms with Crippen LogP contribution in [0.3, 0.4) is 0 Å². The summed E-state index contributed by atoms with van der Waals surface area (Å²) in [5.41, 5.74) is -0.275. The zero-order valence-electron chi connectivity index (χ0n) is 14.5. The summed E-state index contributed by atoms with van der Waals surface area (Å²) >= 11 is 3.22. The van der Waals surface area contributed by atoms with Gasteiger partial charge in [0.1, 0.15) is 11.3 Å². The average molecular weight is 416 g/mol. The van der Waals surface area contributed by atoms with Crippen LogP contribution in [0.4, 0.5) is 5.69 Å². The van der Waals surface area contributed by atoms with Crippen LogP contribution in [0.5, 0.6) is 11.5 Å². The van der Waals surface area contributed by atoms with E-state index in [0.29, 0.717) is 11.0 Å². The maximum absolute atomic E-state index is 12.7. The van der Waals surface area contributed by atoms with Crippen molar-refractivity contribution in [2.24, 2.45) is 0 Å². The molecule has 1 aliphatic rings. The van der Waals surface area contributed by atoms with Crippen LogP contribution in [0.25, 0.3) is 0 Å². The Hall–Kier alpha value is -1.87. The number of halogens is 1. The molecule has 1 unspecified atom stereocenters. The van der Waals surface area contributed by atoms with E-state index in [1.54, 1.807) is 0 Å². The minimum absolute atomic E-state index is 0.0205. The van der Waals surface area contributed by atoms with Crippen LogP contribution in [0.15, 0.2) is 10.5 Å². The fourth-order valence-corrected chi connectivity index (χ4v) is 3.77. The normalized spacial score (nSPS) is 17.4. The Kier molecular flexibility index (Phi) is 6.60. The second kappa shape index (κ2) is 8.48. The first-order valence-corrected chi connectivity index (χ1v) is 8.84. The van der Waals surface area contributed by atoms with Gasteiger partial charge < -0.3 is 14.8 Å². The molecule has 1 atom stereocenters. The maximum Gasteiger partial charge on any atom is 0.313 e. The van der Waals surface area contributed by atoms with Gasteiger partial charge in [0.05, 0.1) is 23.6 Å². The van der Waals surface area contributed by atoms with Crippen molar-refractivity contribution in [1.29, 1.82) is 0 Å². The number of benzene rings is 1. The van der Waals surface area contributed by atoms with Gasteiger partial charge in [0.25, 0.3) is 5.91 Å². The van der Waals surface area contributed by atoms with Gasteiger partial charge in [-0.1, -0.05) is 6.92 Å². The first-order valence-electron chi connectivity index (χ1n) is 8.05. The molecule has 0 bridgehead atoms. The van der Waals surface area contributed by atoms with Crippen LogP contribution in [0.1, 0.15) is 30.1 Å². The Morgan fingerprint density at radius 1 is 1.44 bits per heavy atom. The third-order valence-corrected chi connectivity index (χ3v) is 4.99. The van der Waals surface area contributed by atoms with Crippen molar-refractivity contribution < 1.29 is 19.2 Å². The van der Waals surface area contributed by atoms with E-state index in [0.717, 1.165) is 25.9 Å². The Balaban J connectivity index is 2.32. The van der Waals surface area contributed by atoms with Crippen LogP contribution < -0.4 is 14.8 Å². The molecular weight excluding hydrogens is 394 g/mol. The number of ether oxygens (including phenoxy) is 2. The van der Waals surface area contributed by atoms with E-state index in [1.807, 2.05) is 0 Å². The van der Waals surface area contributed by atoms with E-state index in [2.05, 4.69) is 33.1 Å². The summed E-state index contributed by atoms with van der Waals surface area (Å²) in [4.78, 5) is 25.7. The van der Waals surface area contributed by atoms with Gasteiger partial charge in [-0.15, -0.1) is 0 Å². The van der Waals surface area contributed by atoms with Gasteiger partial charge in [-0.25, -0.2) is 0 Å². The second-order valence-corrected chi connectivity index (χ2v) is 6.57. The molecule has 0 radical (unpaired) electrons. The van der Waals surface area contributed by atoms with Gasteiger partial charge in [0.2, 0.25) is 5.75 Å². The number of nitrogens with zero attached hydrogens (tertiary/aromatic N) is 2. The van der Waals surface area contributed by atoms with Crippen molar-refractivity contribution in [2.75, 3.05) is 33.9 Å². The highest BCUT2D eigenvalue weighted by Crippen LogP contribution is 2.42. The quantitative estimate of drug-likeness (QED) is 0.543. The molecule has 1 heterocycles. The Labute approximate surface area is 154 Å². The zero-order chi connectivity index (χ0) is 18.6. The zero-order valence-corrected chi connectivity index (χ0v) is 16.1. The molecule has 1 aliphatic heterocycles. The van der Waals surface area contributed by atoms with Crippen molar-refractivity contribution in [3.63, 3.8) is 0 Å². The summed E-state index contributed by atoms with van der Waals surface area (Å²) in [6.07, 6.45) is 2.12. The molecule has 1 aromatic carbocycles. The molecule has 1 saturated heterocycles. The van der Waals surface area contributed by atoms with Crippen LogP contribution in [0.2, 0.25) is 0 Å². The number of likely N-dealkylation sites (N-methyl/N-ethyl adjacent to an activating group) is 1. The number of carbonyl (C=O) groups excluding carboxylic acids is 1. The molecule has 1 amide bonds. The predicted molar refractivity (Wildman–Crippen MR) is 96.5 cm³/mol. The molecule has 1 N–H and O–H groups in total. The van der Waals surface area contributed by atoms with Gasteiger partial charge in [-0.2, -0.15) is 0 Å². The Bertz CT molecular complexity index is 668. The first kappa shape index (κ1) is 19.5. The van der Waals surface area contributed by atoms with Crippen molar-refractivity contribution in [3.05, 3.63) is 26.2 Å². The van der Waals surface area contributed by atoms with Gasteiger partial charge >= 0.3 is 5.69 Å². The smallest absolute Gasteiger partial charge is 0.313 e. The molecule has 2 rings (SSSR count). The monoisotopic (exact) mass is 415 g/mol. The van der Waals surface area contributed by atoms with E-state index in [1.165, 1.54) is 20.3 Å². The van der Waals surface area contributed by atoms with E-state index in [9.17, 15) is 14.9 Å². The number of nitro groups is 1. The fourth-order valence-electron chi connectivity index (χ4n) is 3.19. The van der Waals surface area contributed by atoms with Gasteiger partial charge in [0.15, 0.2) is 0 Å². The number of hydrogen-bond donors (Lipinski definition) is 1. The lowest BCUT2D eigenvalue weighted by Crippen LogP contribution is -2.40. The molecule has 0 aromatic heterocycles. The van der Waals surface area contributed by atoms with Crippen molar-refractivity contribution in [1.82, 2.24) is 10.2 Å². The van der Waals surface area contributed by atoms with Crippen molar-refractivity contribution in [3.8, 4) is 11.5 Å². The number of amides is 1. The third-order valence-electron chi connectivity index (χ3n) is 4.40. The summed E-state index contributed by atoms with van der Waals surface area (Å²) in [5.74, 6) is -0.360. The SMILES string of the molecule is CCN1CCCC1CNC(=O)c1c(OC)c(Br)cc([N+](=O)[O-])c1OC. The van der Waals surface area contributed by atoms with Gasteiger partial charge in [-0.3, -0.25) is 19.8 Å². The van der Waals surface area contributed by atoms with Crippen molar-refractivity contribution >= 4 is 27.5 Å². The number of rotatable bonds is 7. The van der Waals surface area contributed by atoms with Crippen LogP contribution in [-0.4, -0.2) is 55.6 Å². The number of nitro benzene ring substituents is 1. The fraction of sp³-hybridized carbons (Fsp3) is 0.562. The van der Waals surface area contributed by atoms with E-state index in [4.69, 9.17) is 9.47 Å². The molecule has 9 heteroatoms. The van der Waals surface area contributed by atoms with Crippen LogP contribution in [0, 0.1) is 10.1 Å². The first-order chi connectivity index (χ1) is 11.9. The van der Waals surface area contributed by atoms with E-state index >= 15 is 0 Å². The molecule has 138 valence electrons. The minimum Gasteiger partial charge on any atom is -0.495 e. The predicted octanol–water partition coefficient (Wildman–Crippen LogP) is 2.59. The number of carbonyl (C=O) groups is 1. The highest BCUT2D eigenvalue weighted by Gasteiger charge is 2.31. The Morgan fingerprint density at radius 2 is 2.12 bits per heavy atom. The molecule has 0 spiro atoms. The van der Waals surface area contributed by atoms with E-state index in [-0.39, 0.29) is 28.8 Å². The topological polar surface area (TPSA) is 93.9 Å². The largest absolute Gasteiger partial charge is 0.495 e. The molecule has 0 aliphatic carbocycles. The summed E-state index contributed by atoms with van der Waals surface area (Å²) < 4.78 is 10.7. The molecule has 0 saturated carbocycles. The lowest BCUT2D eigenvalue weighted by atomic mass is 10.1. The summed E-state index contributed by atoms with van der Waals surface area (Å²) in [6, 6.07) is 1.54. The third kappa shape index (κ3) is 4.04. The second-order valence-electron chi connectivity index (χ2n) is 5.71. The van der Waals surface area contributed by atoms with Gasteiger partial charge in [-0.05, 0) is 41.9 Å². The lowest BCUT2D eigenvalue weighted by Gasteiger charge is -2.23. The summed E-state index contributed by atoms with van der Waals surface area (Å²) in [6.45, 7) is 4.50. The highest BCUT2D eigenvalue weighted by molar-refractivity contribution is 9.10. The van der Waals surface area contributed by atoms with Crippen molar-refractivity contribution in [2.45, 2.75) is 25.8 Å². The standard InChI is InChI=1S/C16H22BrN3O5/c1-4-19-7-5-6-10(19)9-18-16(21)13-14(24-2)11(17)8-12(20(22)23)15(13)25-3/h8,10H,4-7,9H2,1-3H3,(H,18,21). The molecular formula is C16H22BrN3O5. The summed E-state index contributed by atoms with van der Waals surface area (Å²) in [5, 5.41) is 14.1. The molecule has 1 aromatic rings. The van der Waals surface area contributed by atoms with Crippen LogP contribution >= 0.6 is 15.9 Å². The molecule has 25 heavy (non-hydrogen) atoms. The number of methoxy groups -OCH3 is 2. The number of likely N-dealkylation sites (tertiary alicyclic amines) is 1. The van der Waals surface area contributed by atoms with Crippen LogP contribution in [-0.2, 0) is 0 Å². The Morgan fingerprint density at radius 3 is 2.68 bits per heavy atom. The summed E-state index contributed by atoms with van der Waals surface area (Å²) in [7, 11) is 2.69. The molecule has 8 nitrogen and oxygen atoms in total. The number of hydrogen-bond acceptors (Lipinski definition) is 6. The lowest BCUT2D eigenvalue weighted by molar-refractivity contribution is -0.385. The van der Waals surface area contributed by atoms with E-state index < -0.39 is 10.8 Å².